The number of aryl methyl sites for hydroxylation is 1. The molecule has 1 N–H and O–H groups in total. The van der Waals surface area contributed by atoms with Crippen molar-refractivity contribution >= 4 is 29.0 Å². The third-order valence-corrected chi connectivity index (χ3v) is 5.83. The molecule has 1 aliphatic rings. The summed E-state index contributed by atoms with van der Waals surface area (Å²) in [5, 5.41) is 11.8. The van der Waals surface area contributed by atoms with Gasteiger partial charge in [-0.2, -0.15) is 5.26 Å². The average molecular weight is 473 g/mol. The van der Waals surface area contributed by atoms with Crippen molar-refractivity contribution in [1.29, 1.82) is 5.26 Å². The summed E-state index contributed by atoms with van der Waals surface area (Å²) in [7, 11) is 1.57. The van der Waals surface area contributed by atoms with E-state index in [0.717, 1.165) is 28.1 Å². The van der Waals surface area contributed by atoms with E-state index < -0.39 is 17.2 Å². The van der Waals surface area contributed by atoms with E-state index in [9.17, 15) is 14.9 Å². The van der Waals surface area contributed by atoms with Crippen LogP contribution >= 0.6 is 0 Å². The quantitative estimate of drug-likeness (QED) is 0.602. The molecule has 0 bridgehead atoms. The zero-order chi connectivity index (χ0) is 25.5. The van der Waals surface area contributed by atoms with Gasteiger partial charge in [0.05, 0.1) is 34.6 Å². The fraction of sp³-hybridized carbons (Fsp3) is 0.346. The molecular weight excluding hydrogens is 444 g/mol. The number of alkyl carbamates (subject to hydrolysis) is 1. The maximum Gasteiger partial charge on any atom is 0.414 e. The van der Waals surface area contributed by atoms with E-state index in [1.54, 1.807) is 40.0 Å². The molecule has 2 amide bonds. The summed E-state index contributed by atoms with van der Waals surface area (Å²) in [6, 6.07) is 15.3. The molecule has 0 radical (unpaired) electrons. The first kappa shape index (κ1) is 24.0. The lowest BCUT2D eigenvalue weighted by atomic mass is 9.87. The molecule has 1 aromatic heterocycles. The number of nitriles is 1. The SMILES string of the molecule is Cc1nc2cc(C#N)ccc2n1-c1cccc([C@]2(C)CC(=O)N(C)C(NC(=O)OC(C)(C)C)=N2)c1. The lowest BCUT2D eigenvalue weighted by Gasteiger charge is -2.35. The van der Waals surface area contributed by atoms with Crippen LogP contribution in [0.3, 0.4) is 0 Å². The molecule has 1 aliphatic heterocycles. The Kier molecular flexibility index (Phi) is 5.85. The van der Waals surface area contributed by atoms with Gasteiger partial charge in [-0.05, 0) is 70.5 Å². The summed E-state index contributed by atoms with van der Waals surface area (Å²) in [5.41, 5.74) is 2.24. The summed E-state index contributed by atoms with van der Waals surface area (Å²) in [5.74, 6) is 0.733. The van der Waals surface area contributed by atoms with E-state index >= 15 is 0 Å². The summed E-state index contributed by atoms with van der Waals surface area (Å²) in [6.45, 7) is 9.07. The fourth-order valence-corrected chi connectivity index (χ4v) is 4.13. The molecule has 9 nitrogen and oxygen atoms in total. The van der Waals surface area contributed by atoms with Crippen LogP contribution in [0, 0.1) is 18.3 Å². The minimum atomic E-state index is -0.901. The maximum absolute atomic E-state index is 12.9. The van der Waals surface area contributed by atoms with Crippen LogP contribution in [0.5, 0.6) is 0 Å². The van der Waals surface area contributed by atoms with Crippen molar-refractivity contribution in [2.45, 2.75) is 52.2 Å². The molecule has 0 saturated heterocycles. The number of nitrogens with one attached hydrogen (secondary N) is 1. The molecule has 0 saturated carbocycles. The number of ether oxygens (including phenoxy) is 1. The predicted octanol–water partition coefficient (Wildman–Crippen LogP) is 4.16. The Bertz CT molecular complexity index is 1410. The number of carbonyl (C=O) groups excluding carboxylic acids is 2. The van der Waals surface area contributed by atoms with Crippen molar-refractivity contribution < 1.29 is 14.3 Å². The van der Waals surface area contributed by atoms with Crippen LogP contribution in [-0.4, -0.2) is 45.1 Å². The van der Waals surface area contributed by atoms with Gasteiger partial charge in [0.25, 0.3) is 0 Å². The molecule has 0 unspecified atom stereocenters. The third-order valence-electron chi connectivity index (χ3n) is 5.83. The van der Waals surface area contributed by atoms with Gasteiger partial charge < -0.3 is 4.74 Å². The number of rotatable bonds is 2. The predicted molar refractivity (Wildman–Crippen MR) is 132 cm³/mol. The Morgan fingerprint density at radius 2 is 1.97 bits per heavy atom. The summed E-state index contributed by atoms with van der Waals surface area (Å²) >= 11 is 0. The number of amides is 2. The van der Waals surface area contributed by atoms with Gasteiger partial charge in [0.2, 0.25) is 11.9 Å². The second-order valence-electron chi connectivity index (χ2n) is 9.83. The summed E-state index contributed by atoms with van der Waals surface area (Å²) in [4.78, 5) is 35.9. The lowest BCUT2D eigenvalue weighted by molar-refractivity contribution is -0.128. The standard InChI is InChI=1S/C26H28N6O3/c1-16-28-20-12-17(15-27)10-11-21(20)32(16)19-9-7-8-18(13-19)26(5)14-22(33)31(6)23(30-26)29-24(34)35-25(2,3)4/h7-13H,14H2,1-6H3,(H,29,30,34)/t26-/m0/s1. The number of aliphatic imine (C=N–C) groups is 1. The minimum absolute atomic E-state index is 0.136. The molecule has 1 atom stereocenters. The molecule has 0 aliphatic carbocycles. The first-order chi connectivity index (χ1) is 16.4. The molecule has 180 valence electrons. The van der Waals surface area contributed by atoms with Crippen LogP contribution in [0.2, 0.25) is 0 Å². The van der Waals surface area contributed by atoms with Crippen LogP contribution in [0.1, 0.15) is 51.1 Å². The topological polar surface area (TPSA) is 113 Å². The smallest absolute Gasteiger partial charge is 0.414 e. The van der Waals surface area contributed by atoms with Crippen molar-refractivity contribution in [3.8, 4) is 11.8 Å². The number of imidazole rings is 1. The highest BCUT2D eigenvalue weighted by molar-refractivity contribution is 6.05. The molecule has 3 aromatic rings. The fourth-order valence-electron chi connectivity index (χ4n) is 4.13. The minimum Gasteiger partial charge on any atom is -0.444 e. The monoisotopic (exact) mass is 472 g/mol. The van der Waals surface area contributed by atoms with E-state index in [0.29, 0.717) is 5.56 Å². The van der Waals surface area contributed by atoms with Gasteiger partial charge >= 0.3 is 6.09 Å². The van der Waals surface area contributed by atoms with Crippen LogP contribution < -0.4 is 5.32 Å². The van der Waals surface area contributed by atoms with Gasteiger partial charge in [-0.3, -0.25) is 19.6 Å². The highest BCUT2D eigenvalue weighted by atomic mass is 16.6. The second-order valence-corrected chi connectivity index (χ2v) is 9.83. The Morgan fingerprint density at radius 1 is 1.23 bits per heavy atom. The van der Waals surface area contributed by atoms with E-state index in [-0.39, 0.29) is 18.3 Å². The van der Waals surface area contributed by atoms with Gasteiger partial charge in [0, 0.05) is 12.7 Å². The average Bonchev–Trinajstić information content (AvgIpc) is 3.10. The number of guanidine groups is 1. The number of fused-ring (bicyclic) bond motifs is 1. The number of benzene rings is 2. The van der Waals surface area contributed by atoms with E-state index in [4.69, 9.17) is 9.73 Å². The molecule has 0 fully saturated rings. The normalized spacial score (nSPS) is 18.3. The highest BCUT2D eigenvalue weighted by Crippen LogP contribution is 2.35. The Labute approximate surface area is 204 Å². The first-order valence-corrected chi connectivity index (χ1v) is 11.3. The van der Waals surface area contributed by atoms with Crippen molar-refractivity contribution in [3.05, 3.63) is 59.4 Å². The van der Waals surface area contributed by atoms with Gasteiger partial charge in [0.15, 0.2) is 0 Å². The molecule has 0 spiro atoms. The number of nitrogens with zero attached hydrogens (tertiary/aromatic N) is 5. The highest BCUT2D eigenvalue weighted by Gasteiger charge is 2.38. The first-order valence-electron chi connectivity index (χ1n) is 11.3. The summed E-state index contributed by atoms with van der Waals surface area (Å²) < 4.78 is 7.34. The Morgan fingerprint density at radius 3 is 2.66 bits per heavy atom. The van der Waals surface area contributed by atoms with E-state index in [2.05, 4.69) is 16.4 Å². The zero-order valence-electron chi connectivity index (χ0n) is 20.7. The van der Waals surface area contributed by atoms with Gasteiger partial charge in [-0.15, -0.1) is 0 Å². The second kappa shape index (κ2) is 8.55. The van der Waals surface area contributed by atoms with E-state index in [1.807, 2.05) is 48.7 Å². The zero-order valence-corrected chi connectivity index (χ0v) is 20.7. The van der Waals surface area contributed by atoms with E-state index in [1.165, 1.54) is 4.90 Å². The van der Waals surface area contributed by atoms with Crippen molar-refractivity contribution in [2.75, 3.05) is 7.05 Å². The molecule has 9 heteroatoms. The third kappa shape index (κ3) is 4.73. The molecule has 4 rings (SSSR count). The summed E-state index contributed by atoms with van der Waals surface area (Å²) in [6.07, 6.45) is -0.534. The van der Waals surface area contributed by atoms with Gasteiger partial charge in [0.1, 0.15) is 11.4 Å². The largest absolute Gasteiger partial charge is 0.444 e. The molecule has 2 heterocycles. The maximum atomic E-state index is 12.9. The van der Waals surface area contributed by atoms with Crippen LogP contribution in [0.15, 0.2) is 47.5 Å². The number of hydrogen-bond acceptors (Lipinski definition) is 6. The van der Waals surface area contributed by atoms with Crippen LogP contribution in [-0.2, 0) is 15.1 Å². The Hall–Kier alpha value is -4.19. The number of hydrogen-bond donors (Lipinski definition) is 1. The van der Waals surface area contributed by atoms with Crippen molar-refractivity contribution in [2.24, 2.45) is 4.99 Å². The van der Waals surface area contributed by atoms with Crippen LogP contribution in [0.25, 0.3) is 16.7 Å². The number of carbonyl (C=O) groups is 2. The molecule has 35 heavy (non-hydrogen) atoms. The van der Waals surface area contributed by atoms with Gasteiger partial charge in [-0.1, -0.05) is 12.1 Å². The molecule has 2 aromatic carbocycles. The number of aromatic nitrogens is 2. The van der Waals surface area contributed by atoms with Crippen molar-refractivity contribution in [3.63, 3.8) is 0 Å². The lowest BCUT2D eigenvalue weighted by Crippen LogP contribution is -2.52. The van der Waals surface area contributed by atoms with Crippen molar-refractivity contribution in [1.82, 2.24) is 19.8 Å². The van der Waals surface area contributed by atoms with Gasteiger partial charge in [-0.25, -0.2) is 14.8 Å². The Balaban J connectivity index is 1.74. The van der Waals surface area contributed by atoms with Crippen LogP contribution in [0.4, 0.5) is 4.79 Å². The molecular formula is C26H28N6O3.